The van der Waals surface area contributed by atoms with Crippen molar-refractivity contribution in [2.75, 3.05) is 39.5 Å². The third kappa shape index (κ3) is 6.87. The number of aliphatic hydroxyl groups excluding tert-OH is 2. The second-order valence-electron chi connectivity index (χ2n) is 7.41. The molecule has 2 aromatic rings. The number of hydroxylamine groups is 1. The van der Waals surface area contributed by atoms with Crippen LogP contribution in [0.5, 0.6) is 0 Å². The molecule has 0 radical (unpaired) electrons. The van der Waals surface area contributed by atoms with Gasteiger partial charge in [0.1, 0.15) is 6.10 Å². The summed E-state index contributed by atoms with van der Waals surface area (Å²) >= 11 is 0. The molecule has 0 saturated carbocycles. The number of hydrogen-bond acceptors (Lipinski definition) is 7. The molecule has 2 aromatic carbocycles. The standard InChI is InChI=1S/C24H28N2O6/c27-16-22(32-23(17-28)24(29)25-30)21-9-7-19(8-10-21)2-1-18-3-5-20(6-4-18)15-26-11-13-31-14-12-26/h3-10,22-23,27-28,30H,11-17H2,(H,25,29)/t22-,23+/m0/s1. The molecule has 170 valence electrons. The average Bonchev–Trinajstić information content (AvgIpc) is 2.85. The van der Waals surface area contributed by atoms with Crippen LogP contribution in [-0.2, 0) is 20.8 Å². The van der Waals surface area contributed by atoms with Gasteiger partial charge in [-0.2, -0.15) is 0 Å². The molecule has 0 spiro atoms. The zero-order chi connectivity index (χ0) is 22.8. The molecule has 0 aromatic heterocycles. The minimum absolute atomic E-state index is 0.392. The molecule has 1 fully saturated rings. The van der Waals surface area contributed by atoms with E-state index in [1.165, 1.54) is 11.0 Å². The highest BCUT2D eigenvalue weighted by Gasteiger charge is 2.23. The first-order valence-corrected chi connectivity index (χ1v) is 10.4. The molecule has 3 rings (SSSR count). The molecule has 4 N–H and O–H groups in total. The first-order valence-electron chi connectivity index (χ1n) is 10.4. The number of nitrogens with one attached hydrogen (secondary N) is 1. The highest BCUT2D eigenvalue weighted by molar-refractivity contribution is 5.79. The van der Waals surface area contributed by atoms with Crippen molar-refractivity contribution in [3.63, 3.8) is 0 Å². The first kappa shape index (κ1) is 23.9. The van der Waals surface area contributed by atoms with Crippen LogP contribution in [0.15, 0.2) is 48.5 Å². The Hall–Kier alpha value is -2.77. The number of aliphatic hydroxyl groups is 2. The van der Waals surface area contributed by atoms with Crippen molar-refractivity contribution in [3.8, 4) is 11.8 Å². The van der Waals surface area contributed by atoms with Crippen molar-refractivity contribution in [3.05, 3.63) is 70.8 Å². The number of benzene rings is 2. The van der Waals surface area contributed by atoms with Crippen molar-refractivity contribution in [2.45, 2.75) is 18.8 Å². The lowest BCUT2D eigenvalue weighted by Gasteiger charge is -2.26. The predicted molar refractivity (Wildman–Crippen MR) is 117 cm³/mol. The Balaban J connectivity index is 1.60. The van der Waals surface area contributed by atoms with Crippen LogP contribution >= 0.6 is 0 Å². The molecule has 1 aliphatic heterocycles. The summed E-state index contributed by atoms with van der Waals surface area (Å²) in [6.45, 7) is 3.36. The third-order valence-corrected chi connectivity index (χ3v) is 5.16. The lowest BCUT2D eigenvalue weighted by atomic mass is 10.1. The molecule has 8 heteroatoms. The van der Waals surface area contributed by atoms with E-state index in [1.54, 1.807) is 24.3 Å². The van der Waals surface area contributed by atoms with Crippen LogP contribution in [0.4, 0.5) is 0 Å². The summed E-state index contributed by atoms with van der Waals surface area (Å²) in [6, 6.07) is 15.3. The van der Waals surface area contributed by atoms with Crippen LogP contribution in [-0.4, -0.2) is 71.8 Å². The second kappa shape index (κ2) is 12.3. The Kier molecular flexibility index (Phi) is 9.19. The van der Waals surface area contributed by atoms with Gasteiger partial charge >= 0.3 is 0 Å². The maximum atomic E-state index is 11.5. The van der Waals surface area contributed by atoms with Crippen LogP contribution < -0.4 is 5.48 Å². The van der Waals surface area contributed by atoms with Crippen molar-refractivity contribution in [1.82, 2.24) is 10.4 Å². The van der Waals surface area contributed by atoms with E-state index in [0.29, 0.717) is 5.56 Å². The van der Waals surface area contributed by atoms with Gasteiger partial charge in [-0.05, 0) is 35.4 Å². The molecule has 2 atom stereocenters. The van der Waals surface area contributed by atoms with Gasteiger partial charge in [-0.1, -0.05) is 36.1 Å². The number of morpholine rings is 1. The quantitative estimate of drug-likeness (QED) is 0.273. The van der Waals surface area contributed by atoms with Crippen LogP contribution in [0.2, 0.25) is 0 Å². The van der Waals surface area contributed by atoms with E-state index >= 15 is 0 Å². The smallest absolute Gasteiger partial charge is 0.274 e. The number of nitrogens with zero attached hydrogens (tertiary/aromatic N) is 1. The zero-order valence-electron chi connectivity index (χ0n) is 17.7. The van der Waals surface area contributed by atoms with Gasteiger partial charge in [0.15, 0.2) is 6.10 Å². The van der Waals surface area contributed by atoms with E-state index in [1.807, 2.05) is 12.1 Å². The number of rotatable bonds is 8. The fraction of sp³-hybridized carbons (Fsp3) is 0.375. The van der Waals surface area contributed by atoms with Crippen LogP contribution in [0.3, 0.4) is 0 Å². The van der Waals surface area contributed by atoms with Gasteiger partial charge in [0, 0.05) is 30.8 Å². The van der Waals surface area contributed by atoms with E-state index in [4.69, 9.17) is 14.7 Å². The van der Waals surface area contributed by atoms with Gasteiger partial charge in [-0.25, -0.2) is 5.48 Å². The number of carbonyl (C=O) groups excluding carboxylic acids is 1. The lowest BCUT2D eigenvalue weighted by Crippen LogP contribution is -2.38. The Morgan fingerprint density at radius 2 is 1.59 bits per heavy atom. The molecular weight excluding hydrogens is 412 g/mol. The summed E-state index contributed by atoms with van der Waals surface area (Å²) in [7, 11) is 0. The number of hydrogen-bond donors (Lipinski definition) is 4. The molecule has 1 aliphatic rings. The molecule has 1 amide bonds. The molecular formula is C24H28N2O6. The lowest BCUT2D eigenvalue weighted by molar-refractivity contribution is -0.150. The summed E-state index contributed by atoms with van der Waals surface area (Å²) in [6.07, 6.45) is -2.12. The maximum absolute atomic E-state index is 11.5. The molecule has 8 nitrogen and oxygen atoms in total. The normalized spacial score (nSPS) is 16.0. The van der Waals surface area contributed by atoms with E-state index < -0.39 is 31.3 Å². The maximum Gasteiger partial charge on any atom is 0.274 e. The molecule has 0 bridgehead atoms. The second-order valence-corrected chi connectivity index (χ2v) is 7.41. The summed E-state index contributed by atoms with van der Waals surface area (Å²) in [5.41, 5.74) is 5.00. The Bertz CT molecular complexity index is 914. The van der Waals surface area contributed by atoms with E-state index in [2.05, 4.69) is 28.9 Å². The molecule has 32 heavy (non-hydrogen) atoms. The minimum atomic E-state index is -1.29. The van der Waals surface area contributed by atoms with Crippen molar-refractivity contribution in [2.24, 2.45) is 0 Å². The first-order chi connectivity index (χ1) is 15.6. The fourth-order valence-electron chi connectivity index (χ4n) is 3.32. The van der Waals surface area contributed by atoms with Crippen molar-refractivity contribution in [1.29, 1.82) is 0 Å². The van der Waals surface area contributed by atoms with Crippen LogP contribution in [0, 0.1) is 11.8 Å². The Labute approximate surface area is 187 Å². The van der Waals surface area contributed by atoms with E-state index in [-0.39, 0.29) is 0 Å². The van der Waals surface area contributed by atoms with Gasteiger partial charge in [-0.15, -0.1) is 0 Å². The van der Waals surface area contributed by atoms with E-state index in [9.17, 15) is 15.0 Å². The molecule has 0 unspecified atom stereocenters. The van der Waals surface area contributed by atoms with Gasteiger partial charge in [0.2, 0.25) is 0 Å². The summed E-state index contributed by atoms with van der Waals surface area (Å²) in [5.74, 6) is 5.36. The van der Waals surface area contributed by atoms with Crippen molar-refractivity contribution < 1.29 is 29.7 Å². The Morgan fingerprint density at radius 3 is 2.12 bits per heavy atom. The predicted octanol–water partition coefficient (Wildman–Crippen LogP) is 0.835. The van der Waals surface area contributed by atoms with Gasteiger partial charge in [0.25, 0.3) is 5.91 Å². The van der Waals surface area contributed by atoms with Crippen LogP contribution in [0.1, 0.15) is 28.4 Å². The third-order valence-electron chi connectivity index (χ3n) is 5.16. The highest BCUT2D eigenvalue weighted by atomic mass is 16.5. The zero-order valence-corrected chi connectivity index (χ0v) is 17.7. The number of amides is 1. The largest absolute Gasteiger partial charge is 0.393 e. The monoisotopic (exact) mass is 440 g/mol. The summed E-state index contributed by atoms with van der Waals surface area (Å²) < 4.78 is 10.8. The molecule has 1 saturated heterocycles. The Morgan fingerprint density at radius 1 is 1.00 bits per heavy atom. The number of carbonyl (C=O) groups is 1. The van der Waals surface area contributed by atoms with Crippen molar-refractivity contribution >= 4 is 5.91 Å². The molecule has 0 aliphatic carbocycles. The van der Waals surface area contributed by atoms with Gasteiger partial charge < -0.3 is 19.7 Å². The number of ether oxygens (including phenoxy) is 2. The van der Waals surface area contributed by atoms with Crippen LogP contribution in [0.25, 0.3) is 0 Å². The minimum Gasteiger partial charge on any atom is -0.393 e. The SMILES string of the molecule is O=C(NO)[C@@H](CO)O[C@@H](CO)c1ccc(C#Cc2ccc(CN3CCOCC3)cc2)cc1. The summed E-state index contributed by atoms with van der Waals surface area (Å²) in [4.78, 5) is 13.8. The fourth-order valence-corrected chi connectivity index (χ4v) is 3.32. The highest BCUT2D eigenvalue weighted by Crippen LogP contribution is 2.19. The summed E-state index contributed by atoms with van der Waals surface area (Å²) in [5, 5.41) is 27.5. The molecule has 1 heterocycles. The van der Waals surface area contributed by atoms with Gasteiger partial charge in [-0.3, -0.25) is 14.9 Å². The average molecular weight is 440 g/mol. The van der Waals surface area contributed by atoms with Gasteiger partial charge in [0.05, 0.1) is 26.4 Å². The van der Waals surface area contributed by atoms with E-state index in [0.717, 1.165) is 44.0 Å². The topological polar surface area (TPSA) is 111 Å².